The number of nitrogens with zero attached hydrogens (tertiary/aromatic N) is 3. The largest absolute Gasteiger partial charge is 0.497 e. The molecular weight excluding hydrogens is 446 g/mol. The van der Waals surface area contributed by atoms with Gasteiger partial charge >= 0.3 is 5.97 Å². The van der Waals surface area contributed by atoms with Gasteiger partial charge < -0.3 is 14.6 Å². The summed E-state index contributed by atoms with van der Waals surface area (Å²) < 4.78 is 38.8. The molecule has 3 aromatic carbocycles. The molecule has 0 aliphatic heterocycles. The van der Waals surface area contributed by atoms with Crippen molar-refractivity contribution >= 4 is 15.8 Å². The Bertz CT molecular complexity index is 1430. The van der Waals surface area contributed by atoms with E-state index in [-0.39, 0.29) is 15.4 Å². The number of hydrogen-bond acceptors (Lipinski definition) is 7. The molecule has 1 N–H and O–H groups in total. The molecule has 0 spiro atoms. The van der Waals surface area contributed by atoms with Gasteiger partial charge in [0.15, 0.2) is 0 Å². The number of hydrogen-bond donors (Lipinski definition) is 1. The van der Waals surface area contributed by atoms with Crippen molar-refractivity contribution in [1.82, 2.24) is 15.0 Å². The minimum atomic E-state index is -3.95. The molecule has 4 rings (SSSR count). The molecule has 0 amide bonds. The van der Waals surface area contributed by atoms with E-state index < -0.39 is 15.8 Å². The van der Waals surface area contributed by atoms with Crippen LogP contribution in [0.5, 0.6) is 11.5 Å². The van der Waals surface area contributed by atoms with Crippen molar-refractivity contribution < 1.29 is 27.8 Å². The Morgan fingerprint density at radius 3 is 2.36 bits per heavy atom. The molecule has 168 valence electrons. The van der Waals surface area contributed by atoms with Gasteiger partial charge in [-0.2, -0.15) is 0 Å². The van der Waals surface area contributed by atoms with Crippen LogP contribution in [0.1, 0.15) is 10.4 Å². The lowest BCUT2D eigenvalue weighted by molar-refractivity contribution is 0.0696. The van der Waals surface area contributed by atoms with Crippen LogP contribution < -0.4 is 9.47 Å². The lowest BCUT2D eigenvalue weighted by Gasteiger charge is -2.10. The zero-order chi connectivity index (χ0) is 23.6. The fourth-order valence-electron chi connectivity index (χ4n) is 3.30. The highest BCUT2D eigenvalue weighted by Gasteiger charge is 2.24. The Morgan fingerprint density at radius 2 is 1.70 bits per heavy atom. The van der Waals surface area contributed by atoms with Gasteiger partial charge in [-0.05, 0) is 42.5 Å². The van der Waals surface area contributed by atoms with Crippen LogP contribution in [0.3, 0.4) is 0 Å². The summed E-state index contributed by atoms with van der Waals surface area (Å²) in [4.78, 5) is 11.1. The van der Waals surface area contributed by atoms with Gasteiger partial charge in [-0.15, -0.1) is 5.10 Å². The number of benzene rings is 3. The number of aromatic carboxylic acids is 1. The summed E-state index contributed by atoms with van der Waals surface area (Å²) in [6.07, 6.45) is 1.60. The second kappa shape index (κ2) is 8.75. The molecule has 10 heteroatoms. The molecule has 0 aliphatic carbocycles. The van der Waals surface area contributed by atoms with Crippen molar-refractivity contribution in [2.45, 2.75) is 9.79 Å². The molecule has 33 heavy (non-hydrogen) atoms. The molecule has 0 bridgehead atoms. The molecule has 0 saturated heterocycles. The second-order valence-electron chi connectivity index (χ2n) is 6.92. The van der Waals surface area contributed by atoms with Crippen LogP contribution in [0.4, 0.5) is 0 Å². The number of aromatic nitrogens is 3. The van der Waals surface area contributed by atoms with Crippen molar-refractivity contribution in [3.05, 3.63) is 78.5 Å². The summed E-state index contributed by atoms with van der Waals surface area (Å²) in [6.45, 7) is 0. The van der Waals surface area contributed by atoms with Gasteiger partial charge in [0, 0.05) is 11.6 Å². The Hall–Kier alpha value is -4.18. The highest BCUT2D eigenvalue weighted by Crippen LogP contribution is 2.32. The number of ether oxygens (including phenoxy) is 2. The highest BCUT2D eigenvalue weighted by atomic mass is 32.2. The number of sulfone groups is 1. The van der Waals surface area contributed by atoms with Gasteiger partial charge in [0.25, 0.3) is 0 Å². The molecule has 0 atom stereocenters. The van der Waals surface area contributed by atoms with Gasteiger partial charge in [0.05, 0.1) is 35.8 Å². The fraction of sp³-hybridized carbons (Fsp3) is 0.0870. The van der Waals surface area contributed by atoms with Crippen molar-refractivity contribution in [3.63, 3.8) is 0 Å². The van der Waals surface area contributed by atoms with E-state index in [0.717, 1.165) is 0 Å². The maximum Gasteiger partial charge on any atom is 0.335 e. The summed E-state index contributed by atoms with van der Waals surface area (Å²) in [5.74, 6) is -0.00811. The third-order valence-electron chi connectivity index (χ3n) is 4.99. The van der Waals surface area contributed by atoms with Crippen LogP contribution in [0.15, 0.2) is 82.7 Å². The normalized spacial score (nSPS) is 11.2. The van der Waals surface area contributed by atoms with Gasteiger partial charge in [-0.25, -0.2) is 17.9 Å². The first-order valence-corrected chi connectivity index (χ1v) is 11.2. The Labute approximate surface area is 189 Å². The molecule has 0 unspecified atom stereocenters. The predicted octanol–water partition coefficient (Wildman–Crippen LogP) is 3.48. The molecule has 0 fully saturated rings. The maximum absolute atomic E-state index is 13.3. The first kappa shape index (κ1) is 22.0. The molecule has 4 aromatic rings. The third-order valence-corrected chi connectivity index (χ3v) is 6.82. The number of rotatable bonds is 7. The number of carboxylic acids is 1. The van der Waals surface area contributed by atoms with E-state index in [1.54, 1.807) is 49.7 Å². The fourth-order valence-corrected chi connectivity index (χ4v) is 4.77. The molecule has 9 nitrogen and oxygen atoms in total. The Morgan fingerprint density at radius 1 is 0.970 bits per heavy atom. The Kier molecular flexibility index (Phi) is 5.84. The molecular formula is C23H19N3O6S. The zero-order valence-electron chi connectivity index (χ0n) is 17.7. The third kappa shape index (κ3) is 4.15. The lowest BCUT2D eigenvalue weighted by Crippen LogP contribution is -2.05. The summed E-state index contributed by atoms with van der Waals surface area (Å²) in [7, 11) is -0.881. The van der Waals surface area contributed by atoms with Crippen LogP contribution in [0.25, 0.3) is 16.9 Å². The number of carboxylic acid groups (broad SMARTS) is 1. The molecule has 0 saturated carbocycles. The first-order valence-electron chi connectivity index (χ1n) is 9.67. The van der Waals surface area contributed by atoms with E-state index in [0.29, 0.717) is 28.4 Å². The van der Waals surface area contributed by atoms with Crippen molar-refractivity contribution in [2.75, 3.05) is 14.2 Å². The van der Waals surface area contributed by atoms with Crippen molar-refractivity contribution in [3.8, 4) is 28.4 Å². The zero-order valence-corrected chi connectivity index (χ0v) is 18.5. The summed E-state index contributed by atoms with van der Waals surface area (Å²) in [6, 6.07) is 16.7. The van der Waals surface area contributed by atoms with E-state index in [1.807, 2.05) is 0 Å². The van der Waals surface area contributed by atoms with E-state index >= 15 is 0 Å². The molecule has 0 aliphatic rings. The van der Waals surface area contributed by atoms with Crippen LogP contribution in [0.2, 0.25) is 0 Å². The minimum Gasteiger partial charge on any atom is -0.497 e. The van der Waals surface area contributed by atoms with Crippen LogP contribution in [-0.2, 0) is 9.84 Å². The molecule has 0 radical (unpaired) electrons. The van der Waals surface area contributed by atoms with Crippen LogP contribution in [-0.4, -0.2) is 48.7 Å². The summed E-state index contributed by atoms with van der Waals surface area (Å²) in [5.41, 5.74) is 1.26. The van der Waals surface area contributed by atoms with Gasteiger partial charge in [0.2, 0.25) is 9.84 Å². The number of carbonyl (C=O) groups is 1. The van der Waals surface area contributed by atoms with E-state index in [4.69, 9.17) is 14.6 Å². The second-order valence-corrected chi connectivity index (χ2v) is 8.83. The predicted molar refractivity (Wildman–Crippen MR) is 119 cm³/mol. The topological polar surface area (TPSA) is 121 Å². The van der Waals surface area contributed by atoms with E-state index in [2.05, 4.69) is 10.3 Å². The van der Waals surface area contributed by atoms with Crippen molar-refractivity contribution in [2.24, 2.45) is 0 Å². The average Bonchev–Trinajstić information content (AvgIpc) is 3.33. The lowest BCUT2D eigenvalue weighted by atomic mass is 10.2. The maximum atomic E-state index is 13.3. The van der Waals surface area contributed by atoms with Gasteiger partial charge in [-0.3, -0.25) is 0 Å². The average molecular weight is 465 g/mol. The first-order chi connectivity index (χ1) is 15.8. The Balaban J connectivity index is 1.78. The highest BCUT2D eigenvalue weighted by molar-refractivity contribution is 7.91. The number of methoxy groups -OCH3 is 2. The quantitative estimate of drug-likeness (QED) is 0.440. The summed E-state index contributed by atoms with van der Waals surface area (Å²) in [5, 5.41) is 17.4. The molecule has 1 heterocycles. The smallest absolute Gasteiger partial charge is 0.335 e. The van der Waals surface area contributed by atoms with E-state index in [1.165, 1.54) is 42.1 Å². The SMILES string of the molecule is COc1ccc(OC)c(-n2cc(-c3ccccc3S(=O)(=O)c3ccc(C(=O)O)cc3)nn2)c1. The monoisotopic (exact) mass is 465 g/mol. The van der Waals surface area contributed by atoms with Crippen LogP contribution >= 0.6 is 0 Å². The van der Waals surface area contributed by atoms with Crippen LogP contribution in [0, 0.1) is 0 Å². The standard InChI is InChI=1S/C23H19N3O6S/c1-31-16-9-12-21(32-2)20(13-16)26-14-19(24-25-26)18-5-3-4-6-22(18)33(29,30)17-10-7-15(8-11-17)23(27)28/h3-14H,1-2H3,(H,27,28). The van der Waals surface area contributed by atoms with Gasteiger partial charge in [-0.1, -0.05) is 23.4 Å². The van der Waals surface area contributed by atoms with Gasteiger partial charge in [0.1, 0.15) is 22.9 Å². The molecule has 1 aromatic heterocycles. The van der Waals surface area contributed by atoms with Crippen molar-refractivity contribution in [1.29, 1.82) is 0 Å². The summed E-state index contributed by atoms with van der Waals surface area (Å²) >= 11 is 0. The minimum absolute atomic E-state index is 0.00239. The van der Waals surface area contributed by atoms with E-state index in [9.17, 15) is 13.2 Å².